The number of hydrogen-bond acceptors (Lipinski definition) is 5. The summed E-state index contributed by atoms with van der Waals surface area (Å²) in [4.78, 5) is 15.6. The maximum Gasteiger partial charge on any atom is 0.349 e. The number of pyridine rings is 1. The molecule has 1 atom stereocenters. The van der Waals surface area contributed by atoms with Gasteiger partial charge in [-0.1, -0.05) is 30.3 Å². The summed E-state index contributed by atoms with van der Waals surface area (Å²) in [5, 5.41) is 18.8. The Labute approximate surface area is 156 Å². The van der Waals surface area contributed by atoms with Gasteiger partial charge in [-0.15, -0.1) is 0 Å². The van der Waals surface area contributed by atoms with E-state index in [2.05, 4.69) is 4.98 Å². The molecule has 0 saturated heterocycles. The zero-order valence-corrected chi connectivity index (χ0v) is 14.3. The molecule has 0 aliphatic carbocycles. The highest BCUT2D eigenvalue weighted by Gasteiger charge is 2.23. The van der Waals surface area contributed by atoms with Gasteiger partial charge in [-0.3, -0.25) is 4.98 Å². The van der Waals surface area contributed by atoms with Crippen molar-refractivity contribution in [3.05, 3.63) is 89.7 Å². The van der Waals surface area contributed by atoms with Crippen LogP contribution < -0.4 is 9.47 Å². The Bertz CT molecular complexity index is 953. The zero-order valence-electron chi connectivity index (χ0n) is 14.3. The standard InChI is InChI=1S/C21H16N2O4/c22-13-17-6-7-18(26-14-15-8-10-23-11-9-15)12-19(17)27-20(21(24)25)16-4-2-1-3-5-16/h1-12,20H,14H2,(H,24,25). The Hall–Kier alpha value is -3.85. The number of aliphatic carboxylic acids is 1. The average molecular weight is 360 g/mol. The van der Waals surface area contributed by atoms with E-state index in [1.807, 2.05) is 18.2 Å². The van der Waals surface area contributed by atoms with Gasteiger partial charge in [-0.2, -0.15) is 5.26 Å². The van der Waals surface area contributed by atoms with E-state index >= 15 is 0 Å². The number of carbonyl (C=O) groups is 1. The van der Waals surface area contributed by atoms with Gasteiger partial charge in [-0.25, -0.2) is 4.79 Å². The number of aromatic nitrogens is 1. The van der Waals surface area contributed by atoms with E-state index in [9.17, 15) is 15.2 Å². The lowest BCUT2D eigenvalue weighted by Gasteiger charge is -2.17. The van der Waals surface area contributed by atoms with E-state index in [0.717, 1.165) is 5.56 Å². The minimum atomic E-state index is -1.23. The van der Waals surface area contributed by atoms with Crippen LogP contribution in [0, 0.1) is 11.3 Å². The molecular weight excluding hydrogens is 344 g/mol. The Morgan fingerprint density at radius 3 is 2.52 bits per heavy atom. The number of ether oxygens (including phenoxy) is 2. The van der Waals surface area contributed by atoms with Gasteiger partial charge >= 0.3 is 5.97 Å². The first-order valence-electron chi connectivity index (χ1n) is 8.17. The Balaban J connectivity index is 1.82. The van der Waals surface area contributed by atoms with Crippen molar-refractivity contribution in [1.82, 2.24) is 4.98 Å². The van der Waals surface area contributed by atoms with Gasteiger partial charge in [0.25, 0.3) is 0 Å². The maximum absolute atomic E-state index is 11.7. The maximum atomic E-state index is 11.7. The van der Waals surface area contributed by atoms with E-state index in [-0.39, 0.29) is 11.3 Å². The first-order chi connectivity index (χ1) is 13.2. The molecule has 0 saturated carbocycles. The lowest BCUT2D eigenvalue weighted by molar-refractivity contribution is -0.145. The number of carboxylic acid groups (broad SMARTS) is 1. The summed E-state index contributed by atoms with van der Waals surface area (Å²) in [6.45, 7) is 0.314. The van der Waals surface area contributed by atoms with Crippen molar-refractivity contribution < 1.29 is 19.4 Å². The van der Waals surface area contributed by atoms with Gasteiger partial charge in [0.05, 0.1) is 5.56 Å². The smallest absolute Gasteiger partial charge is 0.349 e. The fourth-order valence-electron chi connectivity index (χ4n) is 2.44. The highest BCUT2D eigenvalue weighted by Crippen LogP contribution is 2.29. The number of nitrogens with zero attached hydrogens (tertiary/aromatic N) is 2. The second-order valence-electron chi connectivity index (χ2n) is 5.66. The summed E-state index contributed by atoms with van der Waals surface area (Å²) >= 11 is 0. The van der Waals surface area contributed by atoms with Crippen LogP contribution in [0.15, 0.2) is 73.1 Å². The first-order valence-corrected chi connectivity index (χ1v) is 8.17. The van der Waals surface area contributed by atoms with Gasteiger partial charge < -0.3 is 14.6 Å². The quantitative estimate of drug-likeness (QED) is 0.690. The molecule has 0 spiro atoms. The van der Waals surface area contributed by atoms with Crippen LogP contribution in [0.1, 0.15) is 22.8 Å². The molecule has 6 nitrogen and oxygen atoms in total. The van der Waals surface area contributed by atoms with Crippen LogP contribution in [0.3, 0.4) is 0 Å². The van der Waals surface area contributed by atoms with Crippen LogP contribution in [0.25, 0.3) is 0 Å². The van der Waals surface area contributed by atoms with Crippen molar-refractivity contribution in [2.45, 2.75) is 12.7 Å². The molecule has 3 rings (SSSR count). The molecule has 3 aromatic rings. The number of rotatable bonds is 7. The molecule has 0 fully saturated rings. The summed E-state index contributed by atoms with van der Waals surface area (Å²) in [7, 11) is 0. The largest absolute Gasteiger partial charge is 0.489 e. The third kappa shape index (κ3) is 4.61. The average Bonchev–Trinajstić information content (AvgIpc) is 2.71. The Morgan fingerprint density at radius 2 is 1.85 bits per heavy atom. The number of benzene rings is 2. The molecule has 1 aromatic heterocycles. The SMILES string of the molecule is N#Cc1ccc(OCc2ccncc2)cc1OC(C(=O)O)c1ccccc1. The van der Waals surface area contributed by atoms with Crippen LogP contribution in [0.2, 0.25) is 0 Å². The van der Waals surface area contributed by atoms with Crippen molar-refractivity contribution in [2.24, 2.45) is 0 Å². The first kappa shape index (κ1) is 18.0. The summed E-state index contributed by atoms with van der Waals surface area (Å²) in [5.41, 5.74) is 1.65. The van der Waals surface area contributed by atoms with Crippen LogP contribution in [-0.2, 0) is 11.4 Å². The molecular formula is C21H16N2O4. The van der Waals surface area contributed by atoms with Gasteiger partial charge in [0, 0.05) is 24.0 Å². The summed E-state index contributed by atoms with van der Waals surface area (Å²) in [6.07, 6.45) is 2.11. The van der Waals surface area contributed by atoms with E-state index < -0.39 is 12.1 Å². The molecule has 2 aromatic carbocycles. The molecule has 0 bridgehead atoms. The second kappa shape index (κ2) is 8.50. The lowest BCUT2D eigenvalue weighted by atomic mass is 10.1. The van der Waals surface area contributed by atoms with Crippen LogP contribution in [-0.4, -0.2) is 16.1 Å². The molecule has 1 unspecified atom stereocenters. The van der Waals surface area contributed by atoms with E-state index in [1.165, 1.54) is 6.07 Å². The second-order valence-corrected chi connectivity index (χ2v) is 5.66. The van der Waals surface area contributed by atoms with E-state index in [4.69, 9.17) is 9.47 Å². The highest BCUT2D eigenvalue weighted by atomic mass is 16.5. The van der Waals surface area contributed by atoms with Crippen molar-refractivity contribution in [3.8, 4) is 17.6 Å². The lowest BCUT2D eigenvalue weighted by Crippen LogP contribution is -2.18. The number of carboxylic acids is 1. The third-order valence-electron chi connectivity index (χ3n) is 3.80. The van der Waals surface area contributed by atoms with Gasteiger partial charge in [0.1, 0.15) is 24.2 Å². The third-order valence-corrected chi connectivity index (χ3v) is 3.80. The zero-order chi connectivity index (χ0) is 19.1. The molecule has 0 radical (unpaired) electrons. The Morgan fingerprint density at radius 1 is 1.11 bits per heavy atom. The molecule has 0 aliphatic rings. The van der Waals surface area contributed by atoms with Crippen molar-refractivity contribution in [1.29, 1.82) is 5.26 Å². The molecule has 6 heteroatoms. The van der Waals surface area contributed by atoms with Crippen molar-refractivity contribution in [3.63, 3.8) is 0 Å². The van der Waals surface area contributed by atoms with Crippen LogP contribution in [0.5, 0.6) is 11.5 Å². The summed E-state index contributed by atoms with van der Waals surface area (Å²) in [6, 6.07) is 19.0. The molecule has 1 N–H and O–H groups in total. The summed E-state index contributed by atoms with van der Waals surface area (Å²) in [5.74, 6) is -0.521. The van der Waals surface area contributed by atoms with Crippen LogP contribution in [0.4, 0.5) is 0 Å². The molecule has 1 heterocycles. The molecule has 134 valence electrons. The highest BCUT2D eigenvalue weighted by molar-refractivity contribution is 5.75. The molecule has 27 heavy (non-hydrogen) atoms. The molecule has 0 amide bonds. The summed E-state index contributed by atoms with van der Waals surface area (Å²) < 4.78 is 11.4. The predicted octanol–water partition coefficient (Wildman–Crippen LogP) is 3.74. The topological polar surface area (TPSA) is 92.4 Å². The van der Waals surface area contributed by atoms with Crippen molar-refractivity contribution >= 4 is 5.97 Å². The van der Waals surface area contributed by atoms with Gasteiger partial charge in [-0.05, 0) is 29.8 Å². The van der Waals surface area contributed by atoms with E-state index in [1.54, 1.807) is 54.9 Å². The molecule has 0 aliphatic heterocycles. The van der Waals surface area contributed by atoms with Crippen LogP contribution >= 0.6 is 0 Å². The fraction of sp³-hybridized carbons (Fsp3) is 0.0952. The van der Waals surface area contributed by atoms with E-state index in [0.29, 0.717) is 17.9 Å². The van der Waals surface area contributed by atoms with Gasteiger partial charge in [0.15, 0.2) is 0 Å². The number of hydrogen-bond donors (Lipinski definition) is 1. The van der Waals surface area contributed by atoms with Crippen molar-refractivity contribution in [2.75, 3.05) is 0 Å². The normalized spacial score (nSPS) is 11.2. The fourth-order valence-corrected chi connectivity index (χ4v) is 2.44. The number of nitriles is 1. The monoisotopic (exact) mass is 360 g/mol. The van der Waals surface area contributed by atoms with Gasteiger partial charge in [0.2, 0.25) is 6.10 Å². The minimum absolute atomic E-state index is 0.154. The predicted molar refractivity (Wildman–Crippen MR) is 97.2 cm³/mol. The minimum Gasteiger partial charge on any atom is -0.489 e. The Kier molecular flexibility index (Phi) is 5.65.